The first-order valence-corrected chi connectivity index (χ1v) is 5.08. The van der Waals surface area contributed by atoms with Crippen molar-refractivity contribution >= 4 is 17.6 Å². The van der Waals surface area contributed by atoms with Gasteiger partial charge in [0, 0.05) is 12.4 Å². The fourth-order valence-corrected chi connectivity index (χ4v) is 1.39. The van der Waals surface area contributed by atoms with Gasteiger partial charge in [0.15, 0.2) is 5.69 Å². The Bertz CT molecular complexity index is 584. The maximum atomic E-state index is 11.9. The summed E-state index contributed by atoms with van der Waals surface area (Å²) in [5, 5.41) is 11.5. The van der Waals surface area contributed by atoms with E-state index >= 15 is 0 Å². The Morgan fingerprint density at radius 2 is 1.94 bits per heavy atom. The normalized spacial score (nSPS) is 9.78. The molecule has 0 saturated carbocycles. The third-order valence-corrected chi connectivity index (χ3v) is 2.17. The molecule has 0 fully saturated rings. The van der Waals surface area contributed by atoms with E-state index in [2.05, 4.69) is 15.3 Å². The van der Waals surface area contributed by atoms with Gasteiger partial charge in [0.05, 0.1) is 17.4 Å². The largest absolute Gasteiger partial charge is 0.476 e. The van der Waals surface area contributed by atoms with Crippen LogP contribution in [0.3, 0.4) is 0 Å². The molecule has 2 rings (SSSR count). The Labute approximate surface area is 102 Å². The van der Waals surface area contributed by atoms with Gasteiger partial charge in [-0.25, -0.2) is 9.78 Å². The standard InChI is InChI=1S/C12H9N3O3/c16-11(15-8-3-1-5-13-7-8)9-4-2-6-14-10(9)12(17)18/h1-7H,(H,15,16)(H,17,18). The average molecular weight is 243 g/mol. The van der Waals surface area contributed by atoms with E-state index < -0.39 is 11.9 Å². The molecule has 6 nitrogen and oxygen atoms in total. The number of amides is 1. The highest BCUT2D eigenvalue weighted by Crippen LogP contribution is 2.10. The Balaban J connectivity index is 2.27. The van der Waals surface area contributed by atoms with Crippen molar-refractivity contribution in [2.24, 2.45) is 0 Å². The van der Waals surface area contributed by atoms with E-state index in [4.69, 9.17) is 5.11 Å². The summed E-state index contributed by atoms with van der Waals surface area (Å²) in [6.45, 7) is 0. The number of carbonyl (C=O) groups is 2. The number of nitrogens with zero attached hydrogens (tertiary/aromatic N) is 2. The van der Waals surface area contributed by atoms with Crippen molar-refractivity contribution in [1.29, 1.82) is 0 Å². The van der Waals surface area contributed by atoms with Gasteiger partial charge in [0.2, 0.25) is 0 Å². The molecular weight excluding hydrogens is 234 g/mol. The highest BCUT2D eigenvalue weighted by atomic mass is 16.4. The molecule has 90 valence electrons. The van der Waals surface area contributed by atoms with Gasteiger partial charge in [-0.05, 0) is 24.3 Å². The third-order valence-electron chi connectivity index (χ3n) is 2.17. The molecule has 0 unspecified atom stereocenters. The maximum absolute atomic E-state index is 11.9. The molecular formula is C12H9N3O3. The van der Waals surface area contributed by atoms with Crippen molar-refractivity contribution in [2.45, 2.75) is 0 Å². The first-order valence-electron chi connectivity index (χ1n) is 5.08. The summed E-state index contributed by atoms with van der Waals surface area (Å²) in [6.07, 6.45) is 4.36. The fourth-order valence-electron chi connectivity index (χ4n) is 1.39. The predicted octanol–water partition coefficient (Wildman–Crippen LogP) is 1.43. The number of carboxylic acids is 1. The Morgan fingerprint density at radius 1 is 1.17 bits per heavy atom. The van der Waals surface area contributed by atoms with Crippen LogP contribution in [0.4, 0.5) is 5.69 Å². The van der Waals surface area contributed by atoms with Crippen LogP contribution in [-0.2, 0) is 0 Å². The van der Waals surface area contributed by atoms with Crippen molar-refractivity contribution < 1.29 is 14.7 Å². The quantitative estimate of drug-likeness (QED) is 0.850. The number of carboxylic acid groups (broad SMARTS) is 1. The van der Waals surface area contributed by atoms with Crippen LogP contribution in [0.2, 0.25) is 0 Å². The molecule has 2 aromatic rings. The lowest BCUT2D eigenvalue weighted by Gasteiger charge is -2.06. The van der Waals surface area contributed by atoms with Crippen LogP contribution < -0.4 is 5.32 Å². The number of hydrogen-bond acceptors (Lipinski definition) is 4. The summed E-state index contributed by atoms with van der Waals surface area (Å²) in [5.74, 6) is -1.78. The molecule has 18 heavy (non-hydrogen) atoms. The summed E-state index contributed by atoms with van der Waals surface area (Å²) < 4.78 is 0. The van der Waals surface area contributed by atoms with Crippen LogP contribution in [0.5, 0.6) is 0 Å². The number of aromatic nitrogens is 2. The molecule has 2 heterocycles. The third kappa shape index (κ3) is 2.49. The lowest BCUT2D eigenvalue weighted by atomic mass is 10.2. The zero-order valence-electron chi connectivity index (χ0n) is 9.20. The van der Waals surface area contributed by atoms with Gasteiger partial charge in [-0.3, -0.25) is 9.78 Å². The van der Waals surface area contributed by atoms with Gasteiger partial charge < -0.3 is 10.4 Å². The van der Waals surface area contributed by atoms with Gasteiger partial charge in [-0.1, -0.05) is 0 Å². The van der Waals surface area contributed by atoms with Crippen LogP contribution in [0.25, 0.3) is 0 Å². The van der Waals surface area contributed by atoms with Crippen LogP contribution in [-0.4, -0.2) is 27.0 Å². The van der Waals surface area contributed by atoms with Gasteiger partial charge >= 0.3 is 5.97 Å². The average Bonchev–Trinajstić information content (AvgIpc) is 2.40. The number of rotatable bonds is 3. The van der Waals surface area contributed by atoms with Crippen molar-refractivity contribution in [3.63, 3.8) is 0 Å². The second-order valence-electron chi connectivity index (χ2n) is 3.40. The van der Waals surface area contributed by atoms with Gasteiger partial charge in [0.1, 0.15) is 0 Å². The second-order valence-corrected chi connectivity index (χ2v) is 3.40. The summed E-state index contributed by atoms with van der Waals surface area (Å²) in [4.78, 5) is 30.3. The second kappa shape index (κ2) is 5.05. The minimum atomic E-state index is -1.24. The number of carbonyl (C=O) groups excluding carboxylic acids is 1. The molecule has 0 radical (unpaired) electrons. The summed E-state index contributed by atoms with van der Waals surface area (Å²) in [5.41, 5.74) is 0.218. The minimum absolute atomic E-state index is 0.00820. The highest BCUT2D eigenvalue weighted by molar-refractivity contribution is 6.09. The van der Waals surface area contributed by atoms with Gasteiger partial charge in [-0.15, -0.1) is 0 Å². The zero-order valence-corrected chi connectivity index (χ0v) is 9.20. The van der Waals surface area contributed by atoms with E-state index in [0.717, 1.165) is 0 Å². The molecule has 0 spiro atoms. The van der Waals surface area contributed by atoms with Gasteiger partial charge in [-0.2, -0.15) is 0 Å². The van der Waals surface area contributed by atoms with Crippen molar-refractivity contribution in [2.75, 3.05) is 5.32 Å². The zero-order chi connectivity index (χ0) is 13.0. The highest BCUT2D eigenvalue weighted by Gasteiger charge is 2.17. The molecule has 6 heteroatoms. The van der Waals surface area contributed by atoms with Crippen LogP contribution in [0.15, 0.2) is 42.9 Å². The molecule has 0 aromatic carbocycles. The smallest absolute Gasteiger partial charge is 0.355 e. The molecule has 0 aliphatic heterocycles. The molecule has 0 aliphatic rings. The minimum Gasteiger partial charge on any atom is -0.476 e. The van der Waals surface area contributed by atoms with E-state index in [9.17, 15) is 9.59 Å². The topological polar surface area (TPSA) is 92.2 Å². The number of pyridine rings is 2. The summed E-state index contributed by atoms with van der Waals surface area (Å²) in [7, 11) is 0. The first-order chi connectivity index (χ1) is 8.68. The van der Waals surface area contributed by atoms with E-state index in [-0.39, 0.29) is 11.3 Å². The Morgan fingerprint density at radius 3 is 2.61 bits per heavy atom. The van der Waals surface area contributed by atoms with Crippen LogP contribution in [0, 0.1) is 0 Å². The van der Waals surface area contributed by atoms with Crippen molar-refractivity contribution in [1.82, 2.24) is 9.97 Å². The summed E-state index contributed by atoms with van der Waals surface area (Å²) >= 11 is 0. The number of nitrogens with one attached hydrogen (secondary N) is 1. The van der Waals surface area contributed by atoms with E-state index in [0.29, 0.717) is 5.69 Å². The SMILES string of the molecule is O=C(Nc1cccnc1)c1cccnc1C(=O)O. The van der Waals surface area contributed by atoms with E-state index in [1.54, 1.807) is 18.3 Å². The lowest BCUT2D eigenvalue weighted by Crippen LogP contribution is -2.17. The molecule has 0 bridgehead atoms. The van der Waals surface area contributed by atoms with E-state index in [1.165, 1.54) is 24.5 Å². The molecule has 2 aromatic heterocycles. The van der Waals surface area contributed by atoms with Crippen molar-refractivity contribution in [3.8, 4) is 0 Å². The summed E-state index contributed by atoms with van der Waals surface area (Å²) in [6, 6.07) is 6.23. The number of anilines is 1. The maximum Gasteiger partial charge on any atom is 0.355 e. The van der Waals surface area contributed by atoms with Crippen LogP contribution in [0.1, 0.15) is 20.8 Å². The van der Waals surface area contributed by atoms with Crippen molar-refractivity contribution in [3.05, 3.63) is 54.1 Å². The fraction of sp³-hybridized carbons (Fsp3) is 0. The van der Waals surface area contributed by atoms with Gasteiger partial charge in [0.25, 0.3) is 5.91 Å². The molecule has 0 saturated heterocycles. The Hall–Kier alpha value is -2.76. The lowest BCUT2D eigenvalue weighted by molar-refractivity contribution is 0.0686. The predicted molar refractivity (Wildman–Crippen MR) is 63.4 cm³/mol. The molecule has 0 atom stereocenters. The van der Waals surface area contributed by atoms with Crippen LogP contribution >= 0.6 is 0 Å². The Kier molecular flexibility index (Phi) is 3.29. The molecule has 1 amide bonds. The number of hydrogen-bond donors (Lipinski definition) is 2. The molecule has 0 aliphatic carbocycles. The molecule has 2 N–H and O–H groups in total. The first kappa shape index (κ1) is 11.7. The van der Waals surface area contributed by atoms with E-state index in [1.807, 2.05) is 0 Å². The number of aromatic carboxylic acids is 1. The monoisotopic (exact) mass is 243 g/mol.